The van der Waals surface area contributed by atoms with E-state index in [0.29, 0.717) is 24.7 Å². The summed E-state index contributed by atoms with van der Waals surface area (Å²) >= 11 is 0. The molecule has 0 spiro atoms. The number of carbonyl (C=O) groups excluding carboxylic acids is 4. The quantitative estimate of drug-likeness (QED) is 0.0177. The topological polar surface area (TPSA) is 142 Å². The van der Waals surface area contributed by atoms with E-state index in [1.54, 1.807) is 24.3 Å². The second kappa shape index (κ2) is 30.9. The Hall–Kier alpha value is -8.64. The molecule has 0 heterocycles. The molecule has 0 saturated heterocycles. The van der Waals surface area contributed by atoms with Crippen LogP contribution in [0.2, 0.25) is 0 Å². The van der Waals surface area contributed by atoms with Crippen LogP contribution in [0.5, 0.6) is 46.0 Å². The number of allylic oxidation sites excluding steroid dienone is 1. The van der Waals surface area contributed by atoms with Gasteiger partial charge in [-0.3, -0.25) is 0 Å². The molecule has 0 amide bonds. The number of methoxy groups -OCH3 is 2. The van der Waals surface area contributed by atoms with Crippen LogP contribution in [0.15, 0.2) is 170 Å². The van der Waals surface area contributed by atoms with E-state index in [-0.39, 0.29) is 45.3 Å². The lowest BCUT2D eigenvalue weighted by atomic mass is 10.1. The molecule has 0 N–H and O–H groups in total. The van der Waals surface area contributed by atoms with Crippen LogP contribution in [0.3, 0.4) is 0 Å². The van der Waals surface area contributed by atoms with Crippen molar-refractivity contribution < 1.29 is 57.1 Å². The Bertz CT molecular complexity index is 3070. The second-order valence-corrected chi connectivity index (χ2v) is 19.0. The third-order valence-corrected chi connectivity index (χ3v) is 13.1. The number of hydrogen-bond acceptors (Lipinski definition) is 12. The predicted octanol–water partition coefficient (Wildman–Crippen LogP) is 16.3. The Labute approximate surface area is 464 Å². The minimum Gasteiger partial charge on any atom is -0.494 e. The molecule has 0 unspecified atom stereocenters. The molecular formula is C67H70O12. The molecule has 79 heavy (non-hydrogen) atoms. The van der Waals surface area contributed by atoms with Gasteiger partial charge in [-0.2, -0.15) is 0 Å². The smallest absolute Gasteiger partial charge is 0.343 e. The van der Waals surface area contributed by atoms with Gasteiger partial charge in [-0.25, -0.2) is 19.2 Å². The fourth-order valence-corrected chi connectivity index (χ4v) is 8.64. The van der Waals surface area contributed by atoms with Crippen molar-refractivity contribution in [1.82, 2.24) is 0 Å². The van der Waals surface area contributed by atoms with Gasteiger partial charge in [0.15, 0.2) is 23.0 Å². The molecule has 410 valence electrons. The molecule has 0 fully saturated rings. The molecule has 0 aliphatic carbocycles. The van der Waals surface area contributed by atoms with Gasteiger partial charge in [-0.15, -0.1) is 6.58 Å². The first-order valence-corrected chi connectivity index (χ1v) is 27.3. The van der Waals surface area contributed by atoms with Gasteiger partial charge in [0.25, 0.3) is 0 Å². The van der Waals surface area contributed by atoms with Crippen molar-refractivity contribution in [3.05, 3.63) is 193 Å². The number of carbonyl (C=O) groups is 4. The van der Waals surface area contributed by atoms with Crippen molar-refractivity contribution in [3.8, 4) is 68.2 Å². The molecule has 7 rings (SSSR count). The molecule has 0 saturated carbocycles. The van der Waals surface area contributed by atoms with Crippen molar-refractivity contribution in [2.75, 3.05) is 27.4 Å². The second-order valence-electron chi connectivity index (χ2n) is 19.0. The molecule has 7 aromatic carbocycles. The van der Waals surface area contributed by atoms with E-state index in [1.807, 2.05) is 78.9 Å². The monoisotopic (exact) mass is 1070 g/mol. The summed E-state index contributed by atoms with van der Waals surface area (Å²) in [5.41, 5.74) is 4.28. The molecule has 0 bridgehead atoms. The van der Waals surface area contributed by atoms with E-state index in [4.69, 9.17) is 37.9 Å². The molecule has 7 aromatic rings. The summed E-state index contributed by atoms with van der Waals surface area (Å²) in [5, 5.41) is 0. The van der Waals surface area contributed by atoms with Crippen LogP contribution >= 0.6 is 0 Å². The fraction of sp³-hybridized carbons (Fsp3) is 0.284. The Kier molecular flexibility index (Phi) is 22.7. The number of ether oxygens (including phenoxy) is 8. The highest BCUT2D eigenvalue weighted by atomic mass is 16.6. The van der Waals surface area contributed by atoms with Crippen LogP contribution in [-0.2, 0) is 0 Å². The van der Waals surface area contributed by atoms with Gasteiger partial charge >= 0.3 is 23.9 Å². The van der Waals surface area contributed by atoms with E-state index in [0.717, 1.165) is 59.4 Å². The lowest BCUT2D eigenvalue weighted by molar-refractivity contribution is 0.0720. The van der Waals surface area contributed by atoms with Gasteiger partial charge < -0.3 is 37.9 Å². The van der Waals surface area contributed by atoms with E-state index >= 15 is 0 Å². The van der Waals surface area contributed by atoms with Crippen molar-refractivity contribution >= 4 is 23.9 Å². The largest absolute Gasteiger partial charge is 0.494 e. The van der Waals surface area contributed by atoms with Gasteiger partial charge in [0.2, 0.25) is 0 Å². The first-order valence-electron chi connectivity index (χ1n) is 27.3. The molecule has 0 atom stereocenters. The van der Waals surface area contributed by atoms with Crippen LogP contribution < -0.4 is 37.9 Å². The van der Waals surface area contributed by atoms with E-state index in [9.17, 15) is 19.2 Å². The number of hydrogen-bond donors (Lipinski definition) is 0. The summed E-state index contributed by atoms with van der Waals surface area (Å²) in [7, 11) is 2.75. The Morgan fingerprint density at radius 2 is 0.709 bits per heavy atom. The van der Waals surface area contributed by atoms with Crippen molar-refractivity contribution in [3.63, 3.8) is 0 Å². The van der Waals surface area contributed by atoms with E-state index < -0.39 is 23.9 Å². The molecule has 12 nitrogen and oxygen atoms in total. The van der Waals surface area contributed by atoms with Gasteiger partial charge in [-0.1, -0.05) is 132 Å². The average Bonchev–Trinajstić information content (AvgIpc) is 3.49. The minimum atomic E-state index is -0.800. The number of benzene rings is 7. The zero-order valence-corrected chi connectivity index (χ0v) is 45.5. The molecular weight excluding hydrogens is 997 g/mol. The van der Waals surface area contributed by atoms with Gasteiger partial charge in [0.05, 0.1) is 49.7 Å². The first kappa shape index (κ1) is 58.1. The van der Waals surface area contributed by atoms with Crippen molar-refractivity contribution in [1.29, 1.82) is 0 Å². The number of rotatable bonds is 31. The lowest BCUT2D eigenvalue weighted by Gasteiger charge is -2.12. The van der Waals surface area contributed by atoms with Crippen LogP contribution in [-0.4, -0.2) is 51.3 Å². The fourth-order valence-electron chi connectivity index (χ4n) is 8.64. The maximum atomic E-state index is 13.4. The third kappa shape index (κ3) is 18.0. The number of esters is 4. The molecule has 0 aliphatic rings. The highest BCUT2D eigenvalue weighted by molar-refractivity contribution is 5.98. The molecule has 0 aliphatic heterocycles. The summed E-state index contributed by atoms with van der Waals surface area (Å²) in [6.07, 6.45) is 18.8. The Balaban J connectivity index is 0.863. The zero-order valence-electron chi connectivity index (χ0n) is 45.5. The molecule has 0 aromatic heterocycles. The SMILES string of the molecule is C=CCCCCCCCCCOc1ccc(-c2ccc(OC(=O)c3ccc(OC(=O)c4cccc(C(=O)Oc5ccc(C(=O)Oc6ccc(-c7ccc(OCCCCCCCC)cc7)cc6)cc5OC)c4)c(OC)c3)cc2)cc1. The Morgan fingerprint density at radius 3 is 1.09 bits per heavy atom. The molecule has 0 radical (unpaired) electrons. The summed E-state index contributed by atoms with van der Waals surface area (Å²) < 4.78 is 45.5. The normalized spacial score (nSPS) is 10.8. The van der Waals surface area contributed by atoms with E-state index in [2.05, 4.69) is 13.5 Å². The zero-order chi connectivity index (χ0) is 55.6. The lowest BCUT2D eigenvalue weighted by Crippen LogP contribution is -2.14. The average molecular weight is 1070 g/mol. The Morgan fingerprint density at radius 1 is 0.367 bits per heavy atom. The third-order valence-electron chi connectivity index (χ3n) is 13.1. The number of unbranched alkanes of at least 4 members (excludes halogenated alkanes) is 12. The summed E-state index contributed by atoms with van der Waals surface area (Å²) in [5.74, 6) is -0.273. The highest BCUT2D eigenvalue weighted by Gasteiger charge is 2.21. The molecule has 12 heteroatoms. The van der Waals surface area contributed by atoms with Crippen LogP contribution in [0.4, 0.5) is 0 Å². The highest BCUT2D eigenvalue weighted by Crippen LogP contribution is 2.33. The van der Waals surface area contributed by atoms with Crippen LogP contribution in [0.1, 0.15) is 138 Å². The van der Waals surface area contributed by atoms with Gasteiger partial charge in [0, 0.05) is 0 Å². The maximum Gasteiger partial charge on any atom is 0.343 e. The van der Waals surface area contributed by atoms with E-state index in [1.165, 1.54) is 139 Å². The maximum absolute atomic E-state index is 13.4. The van der Waals surface area contributed by atoms with Crippen molar-refractivity contribution in [2.24, 2.45) is 0 Å². The minimum absolute atomic E-state index is 0.0322. The van der Waals surface area contributed by atoms with Gasteiger partial charge in [0.1, 0.15) is 23.0 Å². The van der Waals surface area contributed by atoms with Crippen LogP contribution in [0, 0.1) is 0 Å². The standard InChI is InChI=1S/C67H70O12/c1-5-7-9-11-13-14-15-17-19-44-75-57-35-25-49(26-36-57)51-29-39-59(40-30-51)77-65(69)55-32-42-61(63(47-55)73-4)79-67(71)53-22-20-21-52(45-53)66(70)78-60-41-31-54(46-62(60)72-3)64(68)76-58-37-27-50(28-38-58)48-23-33-56(34-24-48)74-43-18-16-12-10-8-6-2/h5,20-42,45-47H,1,6-19,43-44H2,2-4H3. The first-order chi connectivity index (χ1) is 38.6. The van der Waals surface area contributed by atoms with Crippen molar-refractivity contribution in [2.45, 2.75) is 96.8 Å². The predicted molar refractivity (Wildman–Crippen MR) is 308 cm³/mol. The summed E-state index contributed by atoms with van der Waals surface area (Å²) in [4.78, 5) is 53.3. The summed E-state index contributed by atoms with van der Waals surface area (Å²) in [6.45, 7) is 7.39. The summed E-state index contributed by atoms with van der Waals surface area (Å²) in [6, 6.07) is 44.6. The van der Waals surface area contributed by atoms with Gasteiger partial charge in [-0.05, 0) is 151 Å². The van der Waals surface area contributed by atoms with Crippen LogP contribution in [0.25, 0.3) is 22.3 Å².